The number of nitrogens with one attached hydrogen (secondary N) is 1. The van der Waals surface area contributed by atoms with E-state index in [2.05, 4.69) is 22.2 Å². The van der Waals surface area contributed by atoms with E-state index in [9.17, 15) is 13.2 Å². The van der Waals surface area contributed by atoms with Crippen molar-refractivity contribution in [2.24, 2.45) is 4.99 Å². The van der Waals surface area contributed by atoms with Crippen LogP contribution in [0.3, 0.4) is 0 Å². The van der Waals surface area contributed by atoms with Gasteiger partial charge in [-0.25, -0.2) is 9.67 Å². The van der Waals surface area contributed by atoms with Gasteiger partial charge < -0.3 is 10.2 Å². The summed E-state index contributed by atoms with van der Waals surface area (Å²) in [7, 11) is 2.05. The van der Waals surface area contributed by atoms with Crippen molar-refractivity contribution in [3.8, 4) is 0 Å². The number of halogens is 3. The Hall–Kier alpha value is -3.49. The molecule has 1 fully saturated rings. The van der Waals surface area contributed by atoms with Crippen LogP contribution in [0.2, 0.25) is 0 Å². The highest BCUT2D eigenvalue weighted by molar-refractivity contribution is 6.01. The van der Waals surface area contributed by atoms with Gasteiger partial charge in [0.25, 0.3) is 0 Å². The number of anilines is 3. The summed E-state index contributed by atoms with van der Waals surface area (Å²) in [6.45, 7) is 1.02. The number of rotatable bonds is 4. The van der Waals surface area contributed by atoms with Gasteiger partial charge in [-0.15, -0.1) is 0 Å². The summed E-state index contributed by atoms with van der Waals surface area (Å²) in [6, 6.07) is 15.8. The average Bonchev–Trinajstić information content (AvgIpc) is 3.49. The number of hydrogen-bond donors (Lipinski definition) is 1. The number of nitrogens with zero attached hydrogens (tertiary/aromatic N) is 5. The molecule has 9 heteroatoms. The van der Waals surface area contributed by atoms with E-state index in [-0.39, 0.29) is 0 Å². The highest BCUT2D eigenvalue weighted by Crippen LogP contribution is 2.43. The molecule has 0 amide bonds. The minimum Gasteiger partial charge on any atom is -0.341 e. The Bertz CT molecular complexity index is 1230. The zero-order valence-corrected chi connectivity index (χ0v) is 18.8. The van der Waals surface area contributed by atoms with E-state index in [4.69, 9.17) is 10.1 Å². The minimum atomic E-state index is -4.35. The zero-order valence-electron chi connectivity index (χ0n) is 18.8. The van der Waals surface area contributed by atoms with E-state index < -0.39 is 11.7 Å². The van der Waals surface area contributed by atoms with Gasteiger partial charge in [0.1, 0.15) is 5.82 Å². The maximum atomic E-state index is 13.0. The molecule has 34 heavy (non-hydrogen) atoms. The van der Waals surface area contributed by atoms with E-state index in [1.165, 1.54) is 12.1 Å². The van der Waals surface area contributed by atoms with Gasteiger partial charge in [0, 0.05) is 12.7 Å². The van der Waals surface area contributed by atoms with Crippen molar-refractivity contribution < 1.29 is 13.2 Å². The van der Waals surface area contributed by atoms with Gasteiger partial charge >= 0.3 is 6.18 Å². The van der Waals surface area contributed by atoms with E-state index in [0.717, 1.165) is 65.8 Å². The fourth-order valence-electron chi connectivity index (χ4n) is 5.28. The zero-order chi connectivity index (χ0) is 23.4. The van der Waals surface area contributed by atoms with Crippen molar-refractivity contribution >= 4 is 23.3 Å². The highest BCUT2D eigenvalue weighted by Gasteiger charge is 2.46. The van der Waals surface area contributed by atoms with Gasteiger partial charge in [-0.1, -0.05) is 30.3 Å². The Morgan fingerprint density at radius 1 is 1.03 bits per heavy atom. The molecule has 0 unspecified atom stereocenters. The van der Waals surface area contributed by atoms with Crippen LogP contribution in [0.5, 0.6) is 0 Å². The van der Waals surface area contributed by atoms with E-state index in [0.29, 0.717) is 25.2 Å². The number of alkyl halides is 3. The summed E-state index contributed by atoms with van der Waals surface area (Å²) in [5, 5.41) is 8.53. The van der Waals surface area contributed by atoms with Crippen molar-refractivity contribution in [2.45, 2.75) is 50.6 Å². The van der Waals surface area contributed by atoms with Crippen LogP contribution in [-0.4, -0.2) is 39.8 Å². The molecule has 6 rings (SSSR count). The van der Waals surface area contributed by atoms with Gasteiger partial charge in [-0.2, -0.15) is 18.3 Å². The maximum absolute atomic E-state index is 13.0. The molecule has 3 heterocycles. The third kappa shape index (κ3) is 3.50. The molecule has 1 aliphatic carbocycles. The highest BCUT2D eigenvalue weighted by atomic mass is 19.4. The van der Waals surface area contributed by atoms with Crippen molar-refractivity contribution in [3.05, 3.63) is 71.3 Å². The summed E-state index contributed by atoms with van der Waals surface area (Å²) in [4.78, 5) is 9.43. The lowest BCUT2D eigenvalue weighted by atomic mass is 10.1. The van der Waals surface area contributed by atoms with Gasteiger partial charge in [0.2, 0.25) is 5.96 Å². The summed E-state index contributed by atoms with van der Waals surface area (Å²) < 4.78 is 41.0. The van der Waals surface area contributed by atoms with Crippen LogP contribution in [0.1, 0.15) is 36.0 Å². The SMILES string of the molecule is CN1Cc2c(nn(Cc3ccc(C(F)(F)F)cc3)c2Nc2ccccc2)N2C1=N[C@@H]1CCC[C@@H]12. The first kappa shape index (κ1) is 21.1. The largest absolute Gasteiger partial charge is 0.416 e. The number of hydrogen-bond acceptors (Lipinski definition) is 5. The first-order valence-electron chi connectivity index (χ1n) is 11.5. The molecule has 3 aromatic rings. The fourth-order valence-corrected chi connectivity index (χ4v) is 5.28. The smallest absolute Gasteiger partial charge is 0.341 e. The summed E-state index contributed by atoms with van der Waals surface area (Å²) >= 11 is 0. The molecule has 2 atom stereocenters. The van der Waals surface area contributed by atoms with Crippen LogP contribution in [0, 0.1) is 0 Å². The van der Waals surface area contributed by atoms with Crippen molar-refractivity contribution in [2.75, 3.05) is 17.3 Å². The Morgan fingerprint density at radius 2 is 1.79 bits per heavy atom. The third-order valence-corrected chi connectivity index (χ3v) is 6.92. The number of benzene rings is 2. The van der Waals surface area contributed by atoms with Gasteiger partial charge in [-0.3, -0.25) is 4.90 Å². The normalized spacial score (nSPS) is 21.2. The molecule has 0 radical (unpaired) electrons. The van der Waals surface area contributed by atoms with Crippen LogP contribution in [-0.2, 0) is 19.3 Å². The minimum absolute atomic E-state index is 0.300. The quantitative estimate of drug-likeness (QED) is 0.572. The average molecular weight is 467 g/mol. The standard InChI is InChI=1S/C25H25F3N6/c1-32-15-19-22(29-18-6-3-2-4-7-18)33(14-16-10-12-17(13-11-16)25(26,27)28)31-23(19)34-21-9-5-8-20(21)30-24(32)34/h2-4,6-7,10-13,20-21,29H,5,8-9,14-15H2,1H3/t20-,21+/m1/s1. The molecule has 1 N–H and O–H groups in total. The molecule has 2 aromatic carbocycles. The Labute approximate surface area is 195 Å². The molecule has 1 aromatic heterocycles. The van der Waals surface area contributed by atoms with Crippen LogP contribution in [0.25, 0.3) is 0 Å². The van der Waals surface area contributed by atoms with Crippen LogP contribution in [0.4, 0.5) is 30.5 Å². The molecule has 0 saturated heterocycles. The van der Waals surface area contributed by atoms with Gasteiger partial charge in [0.05, 0.1) is 36.3 Å². The van der Waals surface area contributed by atoms with E-state index in [1.807, 2.05) is 35.0 Å². The maximum Gasteiger partial charge on any atom is 0.416 e. The summed E-state index contributed by atoms with van der Waals surface area (Å²) in [5.41, 5.74) is 2.11. The van der Waals surface area contributed by atoms with Gasteiger partial charge in [-0.05, 0) is 49.1 Å². The second kappa shape index (κ2) is 7.78. The Balaban J connectivity index is 1.41. The van der Waals surface area contributed by atoms with E-state index in [1.54, 1.807) is 0 Å². The molecule has 0 spiro atoms. The molecule has 1 saturated carbocycles. The second-order valence-electron chi connectivity index (χ2n) is 9.21. The van der Waals surface area contributed by atoms with Crippen LogP contribution >= 0.6 is 0 Å². The van der Waals surface area contributed by atoms with Crippen LogP contribution in [0.15, 0.2) is 59.6 Å². The van der Waals surface area contributed by atoms with Crippen molar-refractivity contribution in [3.63, 3.8) is 0 Å². The molecule has 2 aliphatic heterocycles. The third-order valence-electron chi connectivity index (χ3n) is 6.92. The lowest BCUT2D eigenvalue weighted by Gasteiger charge is -2.35. The first-order chi connectivity index (χ1) is 16.4. The lowest BCUT2D eigenvalue weighted by Crippen LogP contribution is -2.48. The molecular formula is C25H25F3N6. The summed E-state index contributed by atoms with van der Waals surface area (Å²) in [6.07, 6.45) is -1.02. The fraction of sp³-hybridized carbons (Fsp3) is 0.360. The molecular weight excluding hydrogens is 441 g/mol. The lowest BCUT2D eigenvalue weighted by molar-refractivity contribution is -0.137. The summed E-state index contributed by atoms with van der Waals surface area (Å²) in [5.74, 6) is 2.72. The second-order valence-corrected chi connectivity index (χ2v) is 9.21. The topological polar surface area (TPSA) is 48.7 Å². The van der Waals surface area contributed by atoms with E-state index >= 15 is 0 Å². The Morgan fingerprint density at radius 3 is 2.53 bits per heavy atom. The predicted octanol–water partition coefficient (Wildman–Crippen LogP) is 5.24. The number of para-hydroxylation sites is 1. The molecule has 0 bridgehead atoms. The Kier molecular flexibility index (Phi) is 4.82. The number of guanidine groups is 1. The molecule has 3 aliphatic rings. The monoisotopic (exact) mass is 466 g/mol. The molecule has 6 nitrogen and oxygen atoms in total. The predicted molar refractivity (Wildman–Crippen MR) is 125 cm³/mol. The van der Waals surface area contributed by atoms with Crippen LogP contribution < -0.4 is 10.2 Å². The number of aliphatic imine (C=N–C) groups is 1. The first-order valence-corrected chi connectivity index (χ1v) is 11.5. The number of fused-ring (bicyclic) bond motifs is 5. The molecule has 176 valence electrons. The van der Waals surface area contributed by atoms with Crippen molar-refractivity contribution in [1.82, 2.24) is 14.7 Å². The van der Waals surface area contributed by atoms with Gasteiger partial charge in [0.15, 0.2) is 5.82 Å². The number of aromatic nitrogens is 2. The van der Waals surface area contributed by atoms with Crippen molar-refractivity contribution in [1.29, 1.82) is 0 Å².